The first-order valence-electron chi connectivity index (χ1n) is 4.51. The second-order valence-electron chi connectivity index (χ2n) is 3.44. The fourth-order valence-electron chi connectivity index (χ4n) is 1.78. The Kier molecular flexibility index (Phi) is 2.86. The van der Waals surface area contributed by atoms with Gasteiger partial charge in [0.1, 0.15) is 11.2 Å². The van der Waals surface area contributed by atoms with Crippen molar-refractivity contribution < 1.29 is 14.7 Å². The summed E-state index contributed by atoms with van der Waals surface area (Å²) in [7, 11) is 0. The molecule has 0 heterocycles. The van der Waals surface area contributed by atoms with E-state index in [1.807, 2.05) is 6.92 Å². The van der Waals surface area contributed by atoms with Crippen LogP contribution in [0.15, 0.2) is 12.2 Å². The second kappa shape index (κ2) is 3.73. The van der Waals surface area contributed by atoms with E-state index >= 15 is 0 Å². The Hall–Kier alpha value is -1.12. The van der Waals surface area contributed by atoms with Gasteiger partial charge < -0.3 is 5.11 Å². The number of allylic oxidation sites excluding steroid dienone is 2. The van der Waals surface area contributed by atoms with Crippen LogP contribution in [0.25, 0.3) is 0 Å². The molecule has 0 aromatic carbocycles. The zero-order valence-corrected chi connectivity index (χ0v) is 7.75. The molecule has 1 unspecified atom stereocenters. The monoisotopic (exact) mass is 182 g/mol. The van der Waals surface area contributed by atoms with Crippen molar-refractivity contribution >= 4 is 11.8 Å². The van der Waals surface area contributed by atoms with E-state index < -0.39 is 11.4 Å². The van der Waals surface area contributed by atoms with Gasteiger partial charge in [-0.05, 0) is 26.2 Å². The maximum absolute atomic E-state index is 11.4. The zero-order valence-electron chi connectivity index (χ0n) is 7.75. The van der Waals surface area contributed by atoms with Crippen LogP contribution in [0, 0.1) is 5.41 Å². The summed E-state index contributed by atoms with van der Waals surface area (Å²) in [4.78, 5) is 22.4. The van der Waals surface area contributed by atoms with E-state index in [1.165, 1.54) is 0 Å². The highest BCUT2D eigenvalue weighted by atomic mass is 16.4. The maximum Gasteiger partial charge on any atom is 0.317 e. The Labute approximate surface area is 77.4 Å². The molecule has 1 N–H and O–H groups in total. The molecule has 13 heavy (non-hydrogen) atoms. The fourth-order valence-corrected chi connectivity index (χ4v) is 1.78. The molecule has 1 aliphatic rings. The molecule has 0 aliphatic heterocycles. The molecule has 0 amide bonds. The first kappa shape index (κ1) is 9.96. The first-order chi connectivity index (χ1) is 6.13. The number of aliphatic carboxylic acids is 1. The Balaban J connectivity index is 2.87. The Morgan fingerprint density at radius 3 is 2.77 bits per heavy atom. The van der Waals surface area contributed by atoms with Gasteiger partial charge in [0.25, 0.3) is 0 Å². The smallest absolute Gasteiger partial charge is 0.317 e. The molecule has 1 aliphatic carbocycles. The van der Waals surface area contributed by atoms with Crippen LogP contribution in [0.1, 0.15) is 32.6 Å². The number of carboxylic acid groups (broad SMARTS) is 1. The maximum atomic E-state index is 11.4. The van der Waals surface area contributed by atoms with Crippen LogP contribution in [0.5, 0.6) is 0 Å². The van der Waals surface area contributed by atoms with E-state index in [0.29, 0.717) is 25.7 Å². The Morgan fingerprint density at radius 1 is 1.69 bits per heavy atom. The predicted octanol–water partition coefficient (Wildman–Crippen LogP) is 1.78. The highest BCUT2D eigenvalue weighted by Gasteiger charge is 2.47. The van der Waals surface area contributed by atoms with Crippen molar-refractivity contribution in [3.8, 4) is 0 Å². The summed E-state index contributed by atoms with van der Waals surface area (Å²) in [6.07, 6.45) is 5.52. The van der Waals surface area contributed by atoms with Crippen LogP contribution in [0.4, 0.5) is 0 Å². The zero-order chi connectivity index (χ0) is 9.90. The van der Waals surface area contributed by atoms with Crippen molar-refractivity contribution in [3.63, 3.8) is 0 Å². The lowest BCUT2D eigenvalue weighted by Gasteiger charge is -2.19. The molecule has 0 saturated heterocycles. The fraction of sp³-hybridized carbons (Fsp3) is 0.600. The van der Waals surface area contributed by atoms with Gasteiger partial charge in [-0.25, -0.2) is 0 Å². The van der Waals surface area contributed by atoms with Gasteiger partial charge >= 0.3 is 5.97 Å². The Morgan fingerprint density at radius 2 is 2.38 bits per heavy atom. The number of hydrogen-bond donors (Lipinski definition) is 1. The molecule has 0 aromatic heterocycles. The van der Waals surface area contributed by atoms with Gasteiger partial charge in [-0.2, -0.15) is 0 Å². The second-order valence-corrected chi connectivity index (χ2v) is 3.44. The van der Waals surface area contributed by atoms with Gasteiger partial charge in [-0.1, -0.05) is 12.2 Å². The summed E-state index contributed by atoms with van der Waals surface area (Å²) in [5.74, 6) is -1.08. The third kappa shape index (κ3) is 1.64. The number of ketones is 1. The van der Waals surface area contributed by atoms with Crippen molar-refractivity contribution in [1.82, 2.24) is 0 Å². The number of Topliss-reactive ketones (excluding diaryl/α,β-unsaturated/α-hetero) is 1. The van der Waals surface area contributed by atoms with Crippen LogP contribution in [0.3, 0.4) is 0 Å². The third-order valence-corrected chi connectivity index (χ3v) is 2.65. The molecule has 0 aromatic rings. The summed E-state index contributed by atoms with van der Waals surface area (Å²) in [6, 6.07) is 0. The van der Waals surface area contributed by atoms with Gasteiger partial charge in [0, 0.05) is 6.42 Å². The summed E-state index contributed by atoms with van der Waals surface area (Å²) in [5, 5.41) is 9.01. The van der Waals surface area contributed by atoms with Gasteiger partial charge in [-0.15, -0.1) is 0 Å². The third-order valence-electron chi connectivity index (χ3n) is 2.65. The number of carbonyl (C=O) groups is 2. The molecule has 1 fully saturated rings. The minimum atomic E-state index is -1.10. The van der Waals surface area contributed by atoms with E-state index in [1.54, 1.807) is 12.2 Å². The summed E-state index contributed by atoms with van der Waals surface area (Å²) in [5.41, 5.74) is -1.10. The van der Waals surface area contributed by atoms with Crippen LogP contribution < -0.4 is 0 Å². The van der Waals surface area contributed by atoms with Crippen molar-refractivity contribution in [3.05, 3.63) is 12.2 Å². The number of hydrogen-bond acceptors (Lipinski definition) is 2. The SMILES string of the molecule is CC=CCC1(C(=O)O)CCCC1=O. The normalized spacial score (nSPS) is 28.5. The molecule has 0 radical (unpaired) electrons. The molecule has 0 bridgehead atoms. The molecule has 0 spiro atoms. The van der Waals surface area contributed by atoms with Gasteiger partial charge in [0.2, 0.25) is 0 Å². The average Bonchev–Trinajstić information content (AvgIpc) is 2.45. The largest absolute Gasteiger partial charge is 0.480 e. The van der Waals surface area contributed by atoms with Crippen LogP contribution in [0.2, 0.25) is 0 Å². The summed E-state index contributed by atoms with van der Waals surface area (Å²) < 4.78 is 0. The molecule has 3 nitrogen and oxygen atoms in total. The van der Waals surface area contributed by atoms with Gasteiger partial charge in [0.05, 0.1) is 0 Å². The lowest BCUT2D eigenvalue weighted by molar-refractivity contribution is -0.153. The first-order valence-corrected chi connectivity index (χ1v) is 4.51. The van der Waals surface area contributed by atoms with Gasteiger partial charge in [0.15, 0.2) is 0 Å². The van der Waals surface area contributed by atoms with E-state index in [9.17, 15) is 9.59 Å². The van der Waals surface area contributed by atoms with Crippen molar-refractivity contribution in [2.24, 2.45) is 5.41 Å². The average molecular weight is 182 g/mol. The van der Waals surface area contributed by atoms with E-state index in [2.05, 4.69) is 0 Å². The molecular weight excluding hydrogens is 168 g/mol. The molecule has 3 heteroatoms. The molecular formula is C10H14O3. The topological polar surface area (TPSA) is 54.4 Å². The lowest BCUT2D eigenvalue weighted by Crippen LogP contribution is -2.34. The van der Waals surface area contributed by atoms with Crippen LogP contribution in [-0.2, 0) is 9.59 Å². The van der Waals surface area contributed by atoms with Gasteiger partial charge in [-0.3, -0.25) is 9.59 Å². The molecule has 1 atom stereocenters. The minimum Gasteiger partial charge on any atom is -0.480 e. The summed E-state index contributed by atoms with van der Waals surface area (Å²) in [6.45, 7) is 1.83. The predicted molar refractivity (Wildman–Crippen MR) is 48.4 cm³/mol. The lowest BCUT2D eigenvalue weighted by atomic mass is 9.82. The van der Waals surface area contributed by atoms with E-state index in [0.717, 1.165) is 0 Å². The minimum absolute atomic E-state index is 0.113. The van der Waals surface area contributed by atoms with E-state index in [4.69, 9.17) is 5.11 Å². The molecule has 1 rings (SSSR count). The quantitative estimate of drug-likeness (QED) is 0.534. The van der Waals surface area contributed by atoms with Crippen LogP contribution >= 0.6 is 0 Å². The Bertz CT molecular complexity index is 255. The van der Waals surface area contributed by atoms with Crippen LogP contribution in [-0.4, -0.2) is 16.9 Å². The summed E-state index contributed by atoms with van der Waals surface area (Å²) >= 11 is 0. The van der Waals surface area contributed by atoms with E-state index in [-0.39, 0.29) is 5.78 Å². The standard InChI is InChI=1S/C10H14O3/c1-2-3-6-10(9(12)13)7-4-5-8(10)11/h2-3H,4-7H2,1H3,(H,12,13). The van der Waals surface area contributed by atoms with Crippen molar-refractivity contribution in [2.75, 3.05) is 0 Å². The highest BCUT2D eigenvalue weighted by molar-refractivity contribution is 6.04. The molecule has 1 saturated carbocycles. The number of carbonyl (C=O) groups excluding carboxylic acids is 1. The van der Waals surface area contributed by atoms with Crippen molar-refractivity contribution in [2.45, 2.75) is 32.6 Å². The molecule has 72 valence electrons. The number of carboxylic acids is 1. The highest BCUT2D eigenvalue weighted by Crippen LogP contribution is 2.38. The van der Waals surface area contributed by atoms with Crippen molar-refractivity contribution in [1.29, 1.82) is 0 Å². The number of rotatable bonds is 3.